The third kappa shape index (κ3) is 5.22. The largest absolute Gasteiger partial charge is 0.466 e. The van der Waals surface area contributed by atoms with Crippen LogP contribution >= 0.6 is 0 Å². The van der Waals surface area contributed by atoms with Crippen molar-refractivity contribution in [3.05, 3.63) is 33.9 Å². The first-order chi connectivity index (χ1) is 11.5. The number of carbonyl (C=O) groups is 2. The second-order valence-electron chi connectivity index (χ2n) is 5.57. The number of nitrogens with zero attached hydrogens (tertiary/aromatic N) is 1. The Morgan fingerprint density at radius 2 is 2.12 bits per heavy atom. The van der Waals surface area contributed by atoms with E-state index in [1.54, 1.807) is 19.1 Å². The maximum absolute atomic E-state index is 12.1. The molecule has 1 saturated carbocycles. The summed E-state index contributed by atoms with van der Waals surface area (Å²) in [5.41, 5.74) is 0.543. The van der Waals surface area contributed by atoms with Gasteiger partial charge in [-0.1, -0.05) is 0 Å². The molecule has 1 aliphatic carbocycles. The first kappa shape index (κ1) is 17.7. The molecule has 24 heavy (non-hydrogen) atoms. The Morgan fingerprint density at radius 1 is 1.38 bits per heavy atom. The van der Waals surface area contributed by atoms with Gasteiger partial charge in [-0.25, -0.2) is 0 Å². The van der Waals surface area contributed by atoms with Crippen LogP contribution in [0.4, 0.5) is 11.4 Å². The summed E-state index contributed by atoms with van der Waals surface area (Å²) >= 11 is 0. The number of anilines is 1. The predicted molar refractivity (Wildman–Crippen MR) is 87.9 cm³/mol. The molecular weight excluding hydrogens is 314 g/mol. The number of hydrogen-bond acceptors (Lipinski definition) is 6. The van der Waals surface area contributed by atoms with E-state index in [1.165, 1.54) is 6.07 Å². The monoisotopic (exact) mass is 335 g/mol. The zero-order chi connectivity index (χ0) is 17.5. The Hall–Kier alpha value is -2.64. The van der Waals surface area contributed by atoms with E-state index in [-0.39, 0.29) is 29.7 Å². The van der Waals surface area contributed by atoms with Gasteiger partial charge in [0.1, 0.15) is 5.69 Å². The number of amides is 1. The number of nitrogens with one attached hydrogen (secondary N) is 2. The number of benzene rings is 1. The number of nitro groups is 1. The van der Waals surface area contributed by atoms with E-state index in [0.717, 1.165) is 12.8 Å². The second kappa shape index (κ2) is 8.28. The minimum absolute atomic E-state index is 0.110. The van der Waals surface area contributed by atoms with Gasteiger partial charge in [-0.3, -0.25) is 19.7 Å². The molecule has 2 rings (SSSR count). The minimum Gasteiger partial charge on any atom is -0.466 e. The summed E-state index contributed by atoms with van der Waals surface area (Å²) in [7, 11) is 0. The van der Waals surface area contributed by atoms with E-state index in [9.17, 15) is 19.7 Å². The lowest BCUT2D eigenvalue weighted by atomic mass is 10.1. The van der Waals surface area contributed by atoms with Crippen molar-refractivity contribution in [2.24, 2.45) is 0 Å². The Morgan fingerprint density at radius 3 is 2.75 bits per heavy atom. The van der Waals surface area contributed by atoms with Gasteiger partial charge in [0.25, 0.3) is 11.6 Å². The third-order valence-electron chi connectivity index (χ3n) is 3.54. The molecule has 1 aromatic carbocycles. The number of rotatable bonds is 9. The fourth-order valence-corrected chi connectivity index (χ4v) is 2.16. The Bertz CT molecular complexity index is 628. The molecule has 0 radical (unpaired) electrons. The lowest BCUT2D eigenvalue weighted by molar-refractivity contribution is -0.384. The molecule has 0 aliphatic heterocycles. The predicted octanol–water partition coefficient (Wildman–Crippen LogP) is 2.24. The van der Waals surface area contributed by atoms with Crippen molar-refractivity contribution in [1.29, 1.82) is 0 Å². The highest BCUT2D eigenvalue weighted by atomic mass is 16.6. The molecule has 0 spiro atoms. The first-order valence-corrected chi connectivity index (χ1v) is 8.00. The first-order valence-electron chi connectivity index (χ1n) is 8.00. The number of carbonyl (C=O) groups excluding carboxylic acids is 2. The molecule has 0 aromatic heterocycles. The van der Waals surface area contributed by atoms with E-state index in [2.05, 4.69) is 10.6 Å². The average molecular weight is 335 g/mol. The van der Waals surface area contributed by atoms with Gasteiger partial charge in [0.05, 0.1) is 11.5 Å². The molecule has 2 N–H and O–H groups in total. The van der Waals surface area contributed by atoms with Gasteiger partial charge in [-0.2, -0.15) is 0 Å². The normalized spacial score (nSPS) is 13.2. The lowest BCUT2D eigenvalue weighted by Gasteiger charge is -2.08. The number of esters is 1. The molecule has 130 valence electrons. The highest BCUT2D eigenvalue weighted by Crippen LogP contribution is 2.31. The molecule has 0 saturated heterocycles. The van der Waals surface area contributed by atoms with Crippen LogP contribution < -0.4 is 10.6 Å². The van der Waals surface area contributed by atoms with Crippen LogP contribution in [0, 0.1) is 10.1 Å². The maximum Gasteiger partial charge on any atom is 0.305 e. The summed E-state index contributed by atoms with van der Waals surface area (Å²) in [5.74, 6) is -0.710. The van der Waals surface area contributed by atoms with Gasteiger partial charge in [-0.05, 0) is 38.3 Å². The standard InChI is InChI=1S/C16H21N3O5/c1-2-24-15(20)4-3-9-17-16(21)11-5-8-13(18-12-6-7-12)14(10-11)19(22)23/h5,8,10,12,18H,2-4,6-7,9H2,1H3,(H,17,21). The quantitative estimate of drug-likeness (QED) is 0.310. The zero-order valence-electron chi connectivity index (χ0n) is 13.5. The maximum atomic E-state index is 12.1. The van der Waals surface area contributed by atoms with Crippen molar-refractivity contribution in [3.63, 3.8) is 0 Å². The summed E-state index contributed by atoms with van der Waals surface area (Å²) in [6.45, 7) is 2.36. The van der Waals surface area contributed by atoms with Crippen LogP contribution in [0.3, 0.4) is 0 Å². The molecule has 0 heterocycles. The van der Waals surface area contributed by atoms with Crippen molar-refractivity contribution < 1.29 is 19.2 Å². The van der Waals surface area contributed by atoms with Gasteiger partial charge in [0.2, 0.25) is 0 Å². The Labute approximate surface area is 139 Å². The minimum atomic E-state index is -0.498. The van der Waals surface area contributed by atoms with Crippen molar-refractivity contribution in [2.75, 3.05) is 18.5 Å². The molecule has 0 unspecified atom stereocenters. The van der Waals surface area contributed by atoms with Crippen LogP contribution in [0.1, 0.15) is 43.0 Å². The van der Waals surface area contributed by atoms with E-state index < -0.39 is 10.8 Å². The average Bonchev–Trinajstić information content (AvgIpc) is 3.35. The Balaban J connectivity index is 1.90. The van der Waals surface area contributed by atoms with Crippen LogP contribution in [-0.2, 0) is 9.53 Å². The third-order valence-corrected chi connectivity index (χ3v) is 3.54. The summed E-state index contributed by atoms with van der Waals surface area (Å²) < 4.78 is 4.79. The molecule has 1 aromatic rings. The smallest absolute Gasteiger partial charge is 0.305 e. The zero-order valence-corrected chi connectivity index (χ0v) is 13.5. The van der Waals surface area contributed by atoms with E-state index in [1.807, 2.05) is 0 Å². The van der Waals surface area contributed by atoms with Crippen LogP contribution in [0.5, 0.6) is 0 Å². The molecule has 8 heteroatoms. The van der Waals surface area contributed by atoms with Crippen molar-refractivity contribution in [3.8, 4) is 0 Å². The van der Waals surface area contributed by atoms with Crippen molar-refractivity contribution in [2.45, 2.75) is 38.6 Å². The van der Waals surface area contributed by atoms with Gasteiger partial charge in [-0.15, -0.1) is 0 Å². The fraction of sp³-hybridized carbons (Fsp3) is 0.500. The SMILES string of the molecule is CCOC(=O)CCCNC(=O)c1ccc(NC2CC2)c([N+](=O)[O-])c1. The van der Waals surface area contributed by atoms with Crippen LogP contribution in [-0.4, -0.2) is 36.0 Å². The molecule has 1 amide bonds. The fourth-order valence-electron chi connectivity index (χ4n) is 2.16. The summed E-state index contributed by atoms with van der Waals surface area (Å²) in [4.78, 5) is 33.9. The second-order valence-corrected chi connectivity index (χ2v) is 5.57. The van der Waals surface area contributed by atoms with Gasteiger partial charge in [0, 0.05) is 30.6 Å². The van der Waals surface area contributed by atoms with E-state index >= 15 is 0 Å². The van der Waals surface area contributed by atoms with Crippen LogP contribution in [0.15, 0.2) is 18.2 Å². The van der Waals surface area contributed by atoms with Gasteiger partial charge < -0.3 is 15.4 Å². The Kier molecular flexibility index (Phi) is 6.11. The van der Waals surface area contributed by atoms with Crippen LogP contribution in [0.25, 0.3) is 0 Å². The number of hydrogen-bond donors (Lipinski definition) is 2. The van der Waals surface area contributed by atoms with Crippen molar-refractivity contribution >= 4 is 23.3 Å². The van der Waals surface area contributed by atoms with E-state index in [0.29, 0.717) is 25.3 Å². The molecule has 8 nitrogen and oxygen atoms in total. The molecule has 0 atom stereocenters. The number of nitro benzene ring substituents is 1. The van der Waals surface area contributed by atoms with Crippen LogP contribution in [0.2, 0.25) is 0 Å². The molecule has 0 bridgehead atoms. The van der Waals surface area contributed by atoms with Crippen molar-refractivity contribution in [1.82, 2.24) is 5.32 Å². The van der Waals surface area contributed by atoms with E-state index in [4.69, 9.17) is 4.74 Å². The topological polar surface area (TPSA) is 111 Å². The highest BCUT2D eigenvalue weighted by Gasteiger charge is 2.25. The molecular formula is C16H21N3O5. The highest BCUT2D eigenvalue weighted by molar-refractivity contribution is 5.95. The lowest BCUT2D eigenvalue weighted by Crippen LogP contribution is -2.25. The molecule has 1 aliphatic rings. The van der Waals surface area contributed by atoms with Gasteiger partial charge in [0.15, 0.2) is 0 Å². The summed E-state index contributed by atoms with van der Waals surface area (Å²) in [5, 5.41) is 16.9. The number of ether oxygens (including phenoxy) is 1. The summed E-state index contributed by atoms with van der Waals surface area (Å²) in [6, 6.07) is 4.67. The molecule has 1 fully saturated rings. The van der Waals surface area contributed by atoms with Gasteiger partial charge >= 0.3 is 5.97 Å². The summed E-state index contributed by atoms with van der Waals surface area (Å²) in [6.07, 6.45) is 2.67.